The van der Waals surface area contributed by atoms with E-state index in [1.807, 2.05) is 44.2 Å². The second-order valence-corrected chi connectivity index (χ2v) is 8.13. The Kier molecular flexibility index (Phi) is 10.5. The molecule has 0 spiro atoms. The number of nitrogens with one attached hydrogen (secondary N) is 2. The number of hydrogen-bond acceptors (Lipinski definition) is 5. The molecule has 34 heavy (non-hydrogen) atoms. The highest BCUT2D eigenvalue weighted by molar-refractivity contribution is 5.89. The van der Waals surface area contributed by atoms with Gasteiger partial charge in [-0.25, -0.2) is 9.59 Å². The fourth-order valence-corrected chi connectivity index (χ4v) is 3.16. The fraction of sp³-hybridized carbons (Fsp3) is 0.346. The first-order valence-electron chi connectivity index (χ1n) is 10.9. The van der Waals surface area contributed by atoms with E-state index in [1.165, 1.54) is 0 Å². The third kappa shape index (κ3) is 9.25. The first-order chi connectivity index (χ1) is 16.3. The van der Waals surface area contributed by atoms with Gasteiger partial charge in [0.2, 0.25) is 5.91 Å². The van der Waals surface area contributed by atoms with Crippen LogP contribution in [0.4, 0.5) is 4.79 Å². The molecule has 0 aliphatic carbocycles. The van der Waals surface area contributed by atoms with Crippen molar-refractivity contribution >= 4 is 18.0 Å². The Morgan fingerprint density at radius 2 is 1.65 bits per heavy atom. The largest absolute Gasteiger partial charge is 0.481 e. The molecule has 0 saturated heterocycles. The number of terminal acetylenes is 1. The summed E-state index contributed by atoms with van der Waals surface area (Å²) in [6.45, 7) is 3.89. The summed E-state index contributed by atoms with van der Waals surface area (Å²) in [7, 11) is 0. The van der Waals surface area contributed by atoms with Crippen molar-refractivity contribution in [2.75, 3.05) is 6.61 Å². The zero-order valence-corrected chi connectivity index (χ0v) is 19.3. The van der Waals surface area contributed by atoms with Crippen molar-refractivity contribution in [3.63, 3.8) is 0 Å². The molecule has 0 aromatic heterocycles. The van der Waals surface area contributed by atoms with E-state index in [2.05, 4.69) is 16.6 Å². The summed E-state index contributed by atoms with van der Waals surface area (Å²) in [5.74, 6) is 1.25. The minimum absolute atomic E-state index is 0.0350. The molecule has 0 radical (unpaired) electrons. The Morgan fingerprint density at radius 3 is 2.24 bits per heavy atom. The summed E-state index contributed by atoms with van der Waals surface area (Å²) >= 11 is 0. The zero-order valence-electron chi connectivity index (χ0n) is 19.3. The molecular weight excluding hydrogens is 436 g/mol. The molecule has 8 heteroatoms. The molecule has 0 unspecified atom stereocenters. The molecule has 180 valence electrons. The highest BCUT2D eigenvalue weighted by atomic mass is 16.5. The third-order valence-electron chi connectivity index (χ3n) is 4.83. The summed E-state index contributed by atoms with van der Waals surface area (Å²) in [5.41, 5.74) is 1.52. The van der Waals surface area contributed by atoms with Gasteiger partial charge < -0.3 is 25.2 Å². The van der Waals surface area contributed by atoms with E-state index in [0.29, 0.717) is 5.75 Å². The van der Waals surface area contributed by atoms with Gasteiger partial charge in [0.25, 0.3) is 0 Å². The lowest BCUT2D eigenvalue weighted by Crippen LogP contribution is -2.52. The highest BCUT2D eigenvalue weighted by Crippen LogP contribution is 2.14. The van der Waals surface area contributed by atoms with Gasteiger partial charge in [-0.05, 0) is 35.6 Å². The zero-order chi connectivity index (χ0) is 24.9. The van der Waals surface area contributed by atoms with Gasteiger partial charge in [-0.2, -0.15) is 0 Å². The summed E-state index contributed by atoms with van der Waals surface area (Å²) < 4.78 is 10.6. The van der Waals surface area contributed by atoms with Gasteiger partial charge in [0.05, 0.1) is 0 Å². The van der Waals surface area contributed by atoms with E-state index in [1.54, 1.807) is 24.3 Å². The number of amides is 2. The van der Waals surface area contributed by atoms with Crippen LogP contribution in [0.3, 0.4) is 0 Å². The van der Waals surface area contributed by atoms with E-state index in [9.17, 15) is 19.5 Å². The standard InChI is InChI=1S/C26H30N2O6/c1-4-14-33-21-12-10-19(11-13-21)16-22(24(29)27-23(25(30)31)15-18(2)3)28-26(32)34-17-20-8-6-5-7-9-20/h1,5-13,18,22-23H,14-17H2,2-3H3,(H,27,29)(H,28,32)(H,30,31)/t22-,23-/m0/s1. The maximum absolute atomic E-state index is 13.0. The SMILES string of the molecule is C#CCOc1ccc(C[C@H](NC(=O)OCc2ccccc2)C(=O)N[C@@H](CC(C)C)C(=O)O)cc1. The van der Waals surface area contributed by atoms with Crippen molar-refractivity contribution in [1.82, 2.24) is 10.6 Å². The molecule has 0 aliphatic rings. The maximum Gasteiger partial charge on any atom is 0.408 e. The number of carboxylic acid groups (broad SMARTS) is 1. The molecule has 2 aromatic rings. The summed E-state index contributed by atoms with van der Waals surface area (Å²) in [4.78, 5) is 37.0. The lowest BCUT2D eigenvalue weighted by Gasteiger charge is -2.22. The van der Waals surface area contributed by atoms with Crippen LogP contribution in [0.2, 0.25) is 0 Å². The van der Waals surface area contributed by atoms with Gasteiger partial charge in [0.15, 0.2) is 0 Å². The molecule has 3 N–H and O–H groups in total. The van der Waals surface area contributed by atoms with Crippen LogP contribution in [0.25, 0.3) is 0 Å². The summed E-state index contributed by atoms with van der Waals surface area (Å²) in [6, 6.07) is 13.9. The van der Waals surface area contributed by atoms with Crippen molar-refractivity contribution in [1.29, 1.82) is 0 Å². The molecule has 2 amide bonds. The van der Waals surface area contributed by atoms with Crippen LogP contribution >= 0.6 is 0 Å². The van der Waals surface area contributed by atoms with Crippen molar-refractivity contribution in [2.24, 2.45) is 5.92 Å². The van der Waals surface area contributed by atoms with Gasteiger partial charge in [0, 0.05) is 6.42 Å². The van der Waals surface area contributed by atoms with Crippen molar-refractivity contribution in [2.45, 2.75) is 45.4 Å². The normalized spacial score (nSPS) is 12.2. The van der Waals surface area contributed by atoms with Crippen LogP contribution < -0.4 is 15.4 Å². The van der Waals surface area contributed by atoms with Gasteiger partial charge in [-0.1, -0.05) is 62.2 Å². The van der Waals surface area contributed by atoms with Crippen molar-refractivity contribution < 1.29 is 29.0 Å². The van der Waals surface area contributed by atoms with Gasteiger partial charge >= 0.3 is 12.1 Å². The van der Waals surface area contributed by atoms with Crippen molar-refractivity contribution in [3.8, 4) is 18.1 Å². The minimum atomic E-state index is -1.14. The predicted molar refractivity (Wildman–Crippen MR) is 127 cm³/mol. The molecule has 0 bridgehead atoms. The lowest BCUT2D eigenvalue weighted by atomic mass is 10.0. The third-order valence-corrected chi connectivity index (χ3v) is 4.83. The number of aliphatic carboxylic acids is 1. The molecule has 2 rings (SSSR count). The number of carboxylic acids is 1. The van der Waals surface area contributed by atoms with Crippen molar-refractivity contribution in [3.05, 3.63) is 65.7 Å². The average Bonchev–Trinajstić information content (AvgIpc) is 2.81. The number of alkyl carbamates (subject to hydrolysis) is 1. The van der Waals surface area contributed by atoms with E-state index in [4.69, 9.17) is 15.9 Å². The topological polar surface area (TPSA) is 114 Å². The number of rotatable bonds is 12. The number of carbonyl (C=O) groups is 3. The molecule has 2 aromatic carbocycles. The summed E-state index contributed by atoms with van der Waals surface area (Å²) in [6.07, 6.45) is 4.79. The van der Waals surface area contributed by atoms with E-state index < -0.39 is 30.1 Å². The fourth-order valence-electron chi connectivity index (χ4n) is 3.16. The number of ether oxygens (including phenoxy) is 2. The molecular formula is C26H30N2O6. The Hall–Kier alpha value is -3.99. The number of benzene rings is 2. The van der Waals surface area contributed by atoms with Gasteiger partial charge in [-0.15, -0.1) is 6.42 Å². The quantitative estimate of drug-likeness (QED) is 0.414. The van der Waals surface area contributed by atoms with Crippen LogP contribution in [-0.4, -0.2) is 41.8 Å². The predicted octanol–water partition coefficient (Wildman–Crippen LogP) is 3.15. The molecule has 8 nitrogen and oxygen atoms in total. The van der Waals surface area contributed by atoms with E-state index in [-0.39, 0.29) is 32.0 Å². The van der Waals surface area contributed by atoms with Crippen LogP contribution in [0.5, 0.6) is 5.75 Å². The van der Waals surface area contributed by atoms with Crippen LogP contribution in [-0.2, 0) is 27.4 Å². The van der Waals surface area contributed by atoms with E-state index in [0.717, 1.165) is 11.1 Å². The first kappa shape index (κ1) is 26.3. The molecule has 2 atom stereocenters. The average molecular weight is 467 g/mol. The minimum Gasteiger partial charge on any atom is -0.481 e. The Labute approximate surface area is 199 Å². The Morgan fingerprint density at radius 1 is 0.971 bits per heavy atom. The molecule has 0 heterocycles. The smallest absolute Gasteiger partial charge is 0.408 e. The van der Waals surface area contributed by atoms with Crippen LogP contribution in [0, 0.1) is 18.3 Å². The Bertz CT molecular complexity index is 983. The Balaban J connectivity index is 2.11. The highest BCUT2D eigenvalue weighted by Gasteiger charge is 2.27. The number of carbonyl (C=O) groups excluding carboxylic acids is 2. The summed E-state index contributed by atoms with van der Waals surface area (Å²) in [5, 5.41) is 14.6. The van der Waals surface area contributed by atoms with Gasteiger partial charge in [0.1, 0.15) is 31.0 Å². The molecule has 0 saturated carbocycles. The van der Waals surface area contributed by atoms with Crippen LogP contribution in [0.1, 0.15) is 31.4 Å². The maximum atomic E-state index is 13.0. The second-order valence-electron chi connectivity index (χ2n) is 8.13. The molecule has 0 fully saturated rings. The van der Waals surface area contributed by atoms with E-state index >= 15 is 0 Å². The second kappa shape index (κ2) is 13.5. The monoisotopic (exact) mass is 466 g/mol. The number of hydrogen-bond donors (Lipinski definition) is 3. The lowest BCUT2D eigenvalue weighted by molar-refractivity contribution is -0.142. The van der Waals surface area contributed by atoms with Gasteiger partial charge in [-0.3, -0.25) is 4.79 Å². The van der Waals surface area contributed by atoms with Crippen LogP contribution in [0.15, 0.2) is 54.6 Å². The first-order valence-corrected chi connectivity index (χ1v) is 10.9. The molecule has 0 aliphatic heterocycles.